The first kappa shape index (κ1) is 22.8. The molecule has 0 radical (unpaired) electrons. The fraction of sp³-hybridized carbons (Fsp3) is 0.370. The molecule has 1 aliphatic rings. The molecule has 1 aromatic carbocycles. The average molecular weight is 447 g/mol. The zero-order valence-electron chi connectivity index (χ0n) is 20.1. The Balaban J connectivity index is 0.000000821. The molecule has 0 spiro atoms. The number of aryl methyl sites for hydroxylation is 2. The largest absolute Gasteiger partial charge is 0.496 e. The van der Waals surface area contributed by atoms with Gasteiger partial charge in [0, 0.05) is 35.7 Å². The zero-order chi connectivity index (χ0) is 23.5. The highest BCUT2D eigenvalue weighted by Crippen LogP contribution is 2.47. The number of fused-ring (bicyclic) bond motifs is 1. The van der Waals surface area contributed by atoms with Crippen LogP contribution in [0.5, 0.6) is 5.75 Å². The van der Waals surface area contributed by atoms with Crippen molar-refractivity contribution in [3.63, 3.8) is 0 Å². The number of rotatable bonds is 5. The molecule has 1 fully saturated rings. The monoisotopic (exact) mass is 446 g/mol. The number of aromatic nitrogens is 3. The van der Waals surface area contributed by atoms with Gasteiger partial charge in [0.1, 0.15) is 25.1 Å². The van der Waals surface area contributed by atoms with Crippen LogP contribution >= 0.6 is 0 Å². The van der Waals surface area contributed by atoms with Crippen molar-refractivity contribution in [1.82, 2.24) is 9.72 Å². The van der Waals surface area contributed by atoms with E-state index in [1.807, 2.05) is 55.1 Å². The van der Waals surface area contributed by atoms with Gasteiger partial charge in [0.15, 0.2) is 6.20 Å². The smallest absolute Gasteiger partial charge is 0.251 e. The Morgan fingerprint density at radius 2 is 1.94 bits per heavy atom. The highest BCUT2D eigenvalue weighted by molar-refractivity contribution is 5.89. The van der Waals surface area contributed by atoms with Crippen molar-refractivity contribution < 1.29 is 13.8 Å². The van der Waals surface area contributed by atoms with Gasteiger partial charge >= 0.3 is 0 Å². The van der Waals surface area contributed by atoms with E-state index in [0.29, 0.717) is 18.2 Å². The van der Waals surface area contributed by atoms with Crippen LogP contribution in [0.4, 0.5) is 0 Å². The Kier molecular flexibility index (Phi) is 6.63. The predicted octanol–water partition coefficient (Wildman–Crippen LogP) is 5.14. The van der Waals surface area contributed by atoms with Gasteiger partial charge in [-0.05, 0) is 37.3 Å². The van der Waals surface area contributed by atoms with Crippen LogP contribution in [-0.4, -0.2) is 16.8 Å². The van der Waals surface area contributed by atoms with E-state index in [1.165, 1.54) is 6.42 Å². The SMILES string of the molecule is CCC.COc1cc2c(ccc(=O)n2Cc2cccc[n+]2C)cc1-c1c(C2CC2)noc1C. The van der Waals surface area contributed by atoms with E-state index in [4.69, 9.17) is 9.26 Å². The van der Waals surface area contributed by atoms with Crippen LogP contribution in [0.1, 0.15) is 56.2 Å². The van der Waals surface area contributed by atoms with Crippen molar-refractivity contribution in [3.05, 3.63) is 76.2 Å². The van der Waals surface area contributed by atoms with Crippen molar-refractivity contribution in [2.75, 3.05) is 7.11 Å². The maximum Gasteiger partial charge on any atom is 0.251 e. The third-order valence-electron chi connectivity index (χ3n) is 5.92. The molecule has 1 saturated carbocycles. The third-order valence-corrected chi connectivity index (χ3v) is 5.92. The lowest BCUT2D eigenvalue weighted by molar-refractivity contribution is -0.679. The number of benzene rings is 1. The Morgan fingerprint density at radius 1 is 1.18 bits per heavy atom. The molecule has 4 aromatic rings. The first-order valence-electron chi connectivity index (χ1n) is 11.6. The summed E-state index contributed by atoms with van der Waals surface area (Å²) in [5, 5.41) is 5.30. The molecule has 33 heavy (non-hydrogen) atoms. The van der Waals surface area contributed by atoms with Crippen molar-refractivity contribution in [2.24, 2.45) is 7.05 Å². The number of hydrogen-bond acceptors (Lipinski definition) is 4. The van der Waals surface area contributed by atoms with Gasteiger partial charge in [0.2, 0.25) is 5.69 Å². The highest BCUT2D eigenvalue weighted by atomic mass is 16.5. The molecule has 0 aliphatic heterocycles. The van der Waals surface area contributed by atoms with Crippen LogP contribution in [0.25, 0.3) is 22.0 Å². The van der Waals surface area contributed by atoms with Crippen LogP contribution in [0.3, 0.4) is 0 Å². The standard InChI is InChI=1S/C24H24N3O3.C3H8/c1-15-23(24(25-30-15)16-7-8-16)19-12-17-9-10-22(28)27(20(17)13-21(19)29-3)14-18-6-4-5-11-26(18)2;1-3-2/h4-6,9-13,16H,7-8,14H2,1-3H3;3H2,1-2H3/q+1;. The van der Waals surface area contributed by atoms with Gasteiger partial charge in [-0.15, -0.1) is 0 Å². The van der Waals surface area contributed by atoms with Gasteiger partial charge in [-0.25, -0.2) is 4.57 Å². The van der Waals surface area contributed by atoms with Crippen molar-refractivity contribution in [3.8, 4) is 16.9 Å². The Hall–Kier alpha value is -3.41. The molecule has 3 heterocycles. The van der Waals surface area contributed by atoms with Crippen LogP contribution in [0, 0.1) is 6.92 Å². The van der Waals surface area contributed by atoms with Gasteiger partial charge in [-0.2, -0.15) is 0 Å². The number of ether oxygens (including phenoxy) is 1. The molecule has 0 saturated heterocycles. The fourth-order valence-corrected chi connectivity index (χ4v) is 4.09. The van der Waals surface area contributed by atoms with E-state index in [9.17, 15) is 4.79 Å². The fourth-order valence-electron chi connectivity index (χ4n) is 4.09. The second-order valence-electron chi connectivity index (χ2n) is 8.65. The lowest BCUT2D eigenvalue weighted by Gasteiger charge is -2.14. The van der Waals surface area contributed by atoms with Gasteiger partial charge in [0.05, 0.1) is 23.9 Å². The lowest BCUT2D eigenvalue weighted by atomic mass is 9.98. The number of hydrogen-bond donors (Lipinski definition) is 0. The molecule has 1 aliphatic carbocycles. The molecule has 6 heteroatoms. The van der Waals surface area contributed by atoms with Crippen molar-refractivity contribution in [1.29, 1.82) is 0 Å². The van der Waals surface area contributed by atoms with Crippen molar-refractivity contribution in [2.45, 2.75) is 52.5 Å². The molecule has 0 amide bonds. The summed E-state index contributed by atoms with van der Waals surface area (Å²) < 4.78 is 15.1. The highest BCUT2D eigenvalue weighted by Gasteiger charge is 2.32. The second-order valence-corrected chi connectivity index (χ2v) is 8.65. The maximum atomic E-state index is 12.8. The van der Waals surface area contributed by atoms with E-state index in [0.717, 1.165) is 52.0 Å². The second kappa shape index (κ2) is 9.61. The lowest BCUT2D eigenvalue weighted by Crippen LogP contribution is -2.35. The van der Waals surface area contributed by atoms with Crippen LogP contribution < -0.4 is 14.9 Å². The van der Waals surface area contributed by atoms with Crippen molar-refractivity contribution >= 4 is 10.9 Å². The van der Waals surface area contributed by atoms with Gasteiger partial charge < -0.3 is 9.26 Å². The Morgan fingerprint density at radius 3 is 2.61 bits per heavy atom. The molecular formula is C27H32N3O3+. The molecule has 0 N–H and O–H groups in total. The van der Waals surface area contributed by atoms with Crippen LogP contribution in [-0.2, 0) is 13.6 Å². The minimum absolute atomic E-state index is 0.0408. The first-order chi connectivity index (χ1) is 16.0. The van der Waals surface area contributed by atoms with Crippen LogP contribution in [0.15, 0.2) is 58.0 Å². The topological polar surface area (TPSA) is 61.1 Å². The molecule has 6 nitrogen and oxygen atoms in total. The number of pyridine rings is 2. The third kappa shape index (κ3) is 4.56. The van der Waals surface area contributed by atoms with Gasteiger partial charge in [0.25, 0.3) is 5.56 Å². The number of nitrogens with zero attached hydrogens (tertiary/aromatic N) is 3. The summed E-state index contributed by atoms with van der Waals surface area (Å²) in [5.41, 5.74) is 4.83. The normalized spacial score (nSPS) is 13.0. The first-order valence-corrected chi connectivity index (χ1v) is 11.6. The summed E-state index contributed by atoms with van der Waals surface area (Å²) >= 11 is 0. The predicted molar refractivity (Wildman–Crippen MR) is 130 cm³/mol. The summed E-state index contributed by atoms with van der Waals surface area (Å²) in [6.07, 6.45) is 5.52. The van der Waals surface area contributed by atoms with E-state index in [2.05, 4.69) is 25.1 Å². The van der Waals surface area contributed by atoms with E-state index < -0.39 is 0 Å². The molecule has 3 aromatic heterocycles. The Bertz CT molecular complexity index is 1330. The summed E-state index contributed by atoms with van der Waals surface area (Å²) in [4.78, 5) is 12.8. The minimum Gasteiger partial charge on any atom is -0.496 e. The molecule has 5 rings (SSSR count). The quantitative estimate of drug-likeness (QED) is 0.398. The molecule has 0 bridgehead atoms. The van der Waals surface area contributed by atoms with Crippen LogP contribution in [0.2, 0.25) is 0 Å². The summed E-state index contributed by atoms with van der Waals surface area (Å²) in [6, 6.07) is 13.5. The number of methoxy groups -OCH3 is 1. The Labute approximate surface area is 194 Å². The summed E-state index contributed by atoms with van der Waals surface area (Å²) in [7, 11) is 3.64. The average Bonchev–Trinajstić information content (AvgIpc) is 3.58. The summed E-state index contributed by atoms with van der Waals surface area (Å²) in [5.74, 6) is 1.97. The maximum absolute atomic E-state index is 12.8. The zero-order valence-corrected chi connectivity index (χ0v) is 20.1. The van der Waals surface area contributed by atoms with Gasteiger partial charge in [-0.1, -0.05) is 31.5 Å². The molecular weight excluding hydrogens is 414 g/mol. The van der Waals surface area contributed by atoms with E-state index in [1.54, 1.807) is 17.7 Å². The molecule has 0 atom stereocenters. The molecule has 0 unspecified atom stereocenters. The summed E-state index contributed by atoms with van der Waals surface area (Å²) in [6.45, 7) is 6.67. The van der Waals surface area contributed by atoms with E-state index in [-0.39, 0.29) is 5.56 Å². The van der Waals surface area contributed by atoms with E-state index >= 15 is 0 Å². The van der Waals surface area contributed by atoms with Gasteiger partial charge in [-0.3, -0.25) is 9.36 Å². The molecule has 172 valence electrons. The minimum atomic E-state index is -0.0408.